The minimum absolute atomic E-state index is 0.132. The number of aromatic hydroxyl groups is 1. The maximum atomic E-state index is 13.2. The summed E-state index contributed by atoms with van der Waals surface area (Å²) in [5.41, 5.74) is 3.90. The molecule has 0 aliphatic rings. The molecule has 0 aromatic heterocycles. The zero-order valence-corrected chi connectivity index (χ0v) is 19.1. The average molecular weight is 442 g/mol. The number of aryl methyl sites for hydroxylation is 3. The summed E-state index contributed by atoms with van der Waals surface area (Å²) in [5.74, 6) is 0.582. The molecule has 1 atom stereocenters. The van der Waals surface area contributed by atoms with Crippen LogP contribution in [0, 0.1) is 20.8 Å². The molecule has 0 fully saturated rings. The second kappa shape index (κ2) is 8.99. The van der Waals surface area contributed by atoms with Crippen LogP contribution in [-0.2, 0) is 10.0 Å². The lowest BCUT2D eigenvalue weighted by Gasteiger charge is -2.24. The van der Waals surface area contributed by atoms with Gasteiger partial charge in [0.05, 0.1) is 30.7 Å². The van der Waals surface area contributed by atoms with E-state index in [0.29, 0.717) is 22.6 Å². The Kier molecular flexibility index (Phi) is 6.57. The monoisotopic (exact) mass is 441 g/mol. The minimum Gasteiger partial charge on any atom is -0.507 e. The molecule has 0 amide bonds. The number of phenols is 1. The summed E-state index contributed by atoms with van der Waals surface area (Å²) >= 11 is 0. The molecule has 2 N–H and O–H groups in total. The first-order chi connectivity index (χ1) is 14.6. The molecule has 7 heteroatoms. The van der Waals surface area contributed by atoms with Crippen molar-refractivity contribution < 1.29 is 23.0 Å². The lowest BCUT2D eigenvalue weighted by Crippen LogP contribution is -2.30. The molecule has 0 saturated heterocycles. The number of benzene rings is 3. The molecule has 0 aliphatic carbocycles. The van der Waals surface area contributed by atoms with Crippen LogP contribution in [0.4, 0.5) is 0 Å². The quantitative estimate of drug-likeness (QED) is 0.568. The van der Waals surface area contributed by atoms with Crippen molar-refractivity contribution in [3.05, 3.63) is 82.4 Å². The smallest absolute Gasteiger partial charge is 0.241 e. The van der Waals surface area contributed by atoms with Gasteiger partial charge < -0.3 is 14.6 Å². The summed E-state index contributed by atoms with van der Waals surface area (Å²) in [5, 5.41) is 10.8. The van der Waals surface area contributed by atoms with Crippen LogP contribution >= 0.6 is 0 Å². The number of hydrogen-bond acceptors (Lipinski definition) is 5. The van der Waals surface area contributed by atoms with Gasteiger partial charge in [0, 0.05) is 12.1 Å². The second-order valence-corrected chi connectivity index (χ2v) is 9.26. The molecular formula is C24H27NO5S. The number of nitrogens with one attached hydrogen (secondary N) is 1. The topological polar surface area (TPSA) is 84.9 Å². The van der Waals surface area contributed by atoms with Gasteiger partial charge in [0.2, 0.25) is 10.0 Å². The molecule has 0 unspecified atom stereocenters. The van der Waals surface area contributed by atoms with Crippen LogP contribution in [0.5, 0.6) is 17.2 Å². The number of hydrogen-bond donors (Lipinski definition) is 2. The van der Waals surface area contributed by atoms with E-state index < -0.39 is 16.1 Å². The van der Waals surface area contributed by atoms with E-state index in [1.807, 2.05) is 39.0 Å². The van der Waals surface area contributed by atoms with Crippen molar-refractivity contribution in [1.29, 1.82) is 0 Å². The Morgan fingerprint density at radius 1 is 0.839 bits per heavy atom. The Morgan fingerprint density at radius 3 is 2.00 bits per heavy atom. The largest absolute Gasteiger partial charge is 0.507 e. The fourth-order valence-corrected chi connectivity index (χ4v) is 4.77. The van der Waals surface area contributed by atoms with Crippen LogP contribution in [0.1, 0.15) is 33.9 Å². The highest BCUT2D eigenvalue weighted by Crippen LogP contribution is 2.41. The highest BCUT2D eigenvalue weighted by molar-refractivity contribution is 7.89. The van der Waals surface area contributed by atoms with E-state index in [1.54, 1.807) is 30.3 Å². The molecule has 31 heavy (non-hydrogen) atoms. The van der Waals surface area contributed by atoms with E-state index in [4.69, 9.17) is 9.47 Å². The van der Waals surface area contributed by atoms with Crippen LogP contribution in [0.3, 0.4) is 0 Å². The molecule has 0 spiro atoms. The molecule has 3 aromatic rings. The summed E-state index contributed by atoms with van der Waals surface area (Å²) in [6.45, 7) is 5.77. The van der Waals surface area contributed by atoms with Gasteiger partial charge in [-0.2, -0.15) is 4.72 Å². The van der Waals surface area contributed by atoms with Gasteiger partial charge in [0.25, 0.3) is 0 Å². The molecule has 6 nitrogen and oxygen atoms in total. The van der Waals surface area contributed by atoms with Crippen molar-refractivity contribution in [3.8, 4) is 17.2 Å². The van der Waals surface area contributed by atoms with E-state index in [0.717, 1.165) is 16.7 Å². The molecule has 3 aromatic carbocycles. The Hall–Kier alpha value is -3.03. The van der Waals surface area contributed by atoms with Crippen LogP contribution in [-0.4, -0.2) is 27.7 Å². The van der Waals surface area contributed by atoms with Crippen LogP contribution in [0.2, 0.25) is 0 Å². The molecular weight excluding hydrogens is 414 g/mol. The summed E-state index contributed by atoms with van der Waals surface area (Å²) in [6.07, 6.45) is 0. The Labute approximate surface area is 183 Å². The predicted molar refractivity (Wildman–Crippen MR) is 120 cm³/mol. The highest BCUT2D eigenvalue weighted by Gasteiger charge is 2.29. The molecule has 0 heterocycles. The fourth-order valence-electron chi connectivity index (χ4n) is 3.58. The van der Waals surface area contributed by atoms with E-state index >= 15 is 0 Å². The number of sulfonamides is 1. The maximum absolute atomic E-state index is 13.2. The number of rotatable bonds is 7. The second-order valence-electron chi connectivity index (χ2n) is 7.55. The van der Waals surface area contributed by atoms with Crippen molar-refractivity contribution in [3.63, 3.8) is 0 Å². The summed E-state index contributed by atoms with van der Waals surface area (Å²) in [4.78, 5) is 0.138. The van der Waals surface area contributed by atoms with Crippen LogP contribution < -0.4 is 14.2 Å². The van der Waals surface area contributed by atoms with Crippen LogP contribution in [0.25, 0.3) is 0 Å². The van der Waals surface area contributed by atoms with Crippen molar-refractivity contribution >= 4 is 10.0 Å². The maximum Gasteiger partial charge on any atom is 0.241 e. The first kappa shape index (κ1) is 22.7. The van der Waals surface area contributed by atoms with Gasteiger partial charge in [-0.15, -0.1) is 0 Å². The number of ether oxygens (including phenoxy) is 2. The Bertz CT molecular complexity index is 1170. The molecule has 0 radical (unpaired) electrons. The predicted octanol–water partition coefficient (Wildman–Crippen LogP) is 4.40. The van der Waals surface area contributed by atoms with Gasteiger partial charge in [0.15, 0.2) is 0 Å². The van der Waals surface area contributed by atoms with Gasteiger partial charge >= 0.3 is 0 Å². The van der Waals surface area contributed by atoms with Gasteiger partial charge in [-0.05, 0) is 38.5 Å². The third-order valence-electron chi connectivity index (χ3n) is 5.02. The summed E-state index contributed by atoms with van der Waals surface area (Å²) in [7, 11) is -0.959. The van der Waals surface area contributed by atoms with Crippen molar-refractivity contribution in [1.82, 2.24) is 4.72 Å². The van der Waals surface area contributed by atoms with Crippen molar-refractivity contribution in [2.45, 2.75) is 31.7 Å². The van der Waals surface area contributed by atoms with Crippen molar-refractivity contribution in [2.24, 2.45) is 0 Å². The van der Waals surface area contributed by atoms with Crippen LogP contribution in [0.15, 0.2) is 59.5 Å². The van der Waals surface area contributed by atoms with E-state index in [9.17, 15) is 13.5 Å². The van der Waals surface area contributed by atoms with Gasteiger partial charge in [-0.1, -0.05) is 47.0 Å². The van der Waals surface area contributed by atoms with E-state index in [2.05, 4.69) is 4.72 Å². The number of phenolic OH excluding ortho intramolecular Hbond substituents is 1. The minimum atomic E-state index is -3.90. The van der Waals surface area contributed by atoms with Gasteiger partial charge in [-0.25, -0.2) is 8.42 Å². The molecule has 0 aliphatic heterocycles. The Morgan fingerprint density at radius 2 is 1.45 bits per heavy atom. The van der Waals surface area contributed by atoms with Gasteiger partial charge in [0.1, 0.15) is 17.2 Å². The molecule has 0 saturated carbocycles. The first-order valence-corrected chi connectivity index (χ1v) is 11.2. The van der Waals surface area contributed by atoms with Gasteiger partial charge in [-0.3, -0.25) is 0 Å². The average Bonchev–Trinajstić information content (AvgIpc) is 2.71. The SMILES string of the molecule is COc1cc(O)c([C@H](NS(=O)(=O)c2ccc(C)cc2)c2cc(C)cc(C)c2)c(OC)c1. The Balaban J connectivity index is 2.20. The van der Waals surface area contributed by atoms with Crippen molar-refractivity contribution in [2.75, 3.05) is 14.2 Å². The highest BCUT2D eigenvalue weighted by atomic mass is 32.2. The summed E-state index contributed by atoms with van der Waals surface area (Å²) in [6, 6.07) is 14.5. The standard InChI is InChI=1S/C24H27NO5S/c1-15-6-8-20(9-7-15)31(27,28)25-24(18-11-16(2)10-17(3)12-18)23-21(26)13-19(29-4)14-22(23)30-5/h6-14,24-26H,1-5H3/t24-/m1/s1. The zero-order chi connectivity index (χ0) is 22.8. The zero-order valence-electron chi connectivity index (χ0n) is 18.3. The first-order valence-electron chi connectivity index (χ1n) is 9.76. The third kappa shape index (κ3) is 5.00. The molecule has 164 valence electrons. The lowest BCUT2D eigenvalue weighted by atomic mass is 9.95. The summed E-state index contributed by atoms with van der Waals surface area (Å²) < 4.78 is 40.0. The normalized spacial score (nSPS) is 12.4. The molecule has 3 rings (SSSR count). The third-order valence-corrected chi connectivity index (χ3v) is 6.46. The lowest BCUT2D eigenvalue weighted by molar-refractivity contribution is 0.376. The number of methoxy groups -OCH3 is 2. The van der Waals surface area contributed by atoms with E-state index in [-0.39, 0.29) is 10.6 Å². The fraction of sp³-hybridized carbons (Fsp3) is 0.250. The molecule has 0 bridgehead atoms. The van der Waals surface area contributed by atoms with E-state index in [1.165, 1.54) is 20.3 Å².